The highest BCUT2D eigenvalue weighted by Crippen LogP contribution is 2.29. The molecule has 0 fully saturated rings. The lowest BCUT2D eigenvalue weighted by molar-refractivity contribution is -0.116. The van der Waals surface area contributed by atoms with E-state index in [2.05, 4.69) is 0 Å². The van der Waals surface area contributed by atoms with Gasteiger partial charge in [0.15, 0.2) is 5.78 Å². The monoisotopic (exact) mass is 248 g/mol. The van der Waals surface area contributed by atoms with Gasteiger partial charge in [0.25, 0.3) is 0 Å². The summed E-state index contributed by atoms with van der Waals surface area (Å²) in [5.74, 6) is -0.0685. The Morgan fingerprint density at radius 2 is 2.07 bits per heavy atom. The van der Waals surface area contributed by atoms with Crippen LogP contribution in [0.25, 0.3) is 0 Å². The molecule has 0 heterocycles. The number of carbonyl (C=O) groups excluding carboxylic acids is 1. The number of hydrogen-bond acceptors (Lipinski definition) is 2. The molecule has 1 aromatic rings. The van der Waals surface area contributed by atoms with E-state index in [1.807, 2.05) is 18.4 Å². The Labute approximate surface area is 97.8 Å². The van der Waals surface area contributed by atoms with Crippen molar-refractivity contribution in [2.45, 2.75) is 17.2 Å². The van der Waals surface area contributed by atoms with Crippen molar-refractivity contribution in [1.29, 1.82) is 0 Å². The van der Waals surface area contributed by atoms with Crippen LogP contribution in [-0.2, 0) is 4.79 Å². The van der Waals surface area contributed by atoms with Gasteiger partial charge in [-0.25, -0.2) is 0 Å². The summed E-state index contributed by atoms with van der Waals surface area (Å²) in [6.45, 7) is 1.47. The Kier molecular flexibility index (Phi) is 4.30. The molecule has 0 saturated heterocycles. The van der Waals surface area contributed by atoms with Gasteiger partial charge in [0, 0.05) is 9.92 Å². The second-order valence-corrected chi connectivity index (χ2v) is 4.65. The van der Waals surface area contributed by atoms with Gasteiger partial charge >= 0.3 is 0 Å². The zero-order valence-corrected chi connectivity index (χ0v) is 10.2. The van der Waals surface area contributed by atoms with E-state index < -0.39 is 5.38 Å². The van der Waals surface area contributed by atoms with Crippen LogP contribution in [0.4, 0.5) is 0 Å². The number of carbonyl (C=O) groups is 1. The molecule has 0 saturated carbocycles. The summed E-state index contributed by atoms with van der Waals surface area (Å²) in [5, 5.41) is 0.0124. The van der Waals surface area contributed by atoms with E-state index >= 15 is 0 Å². The minimum atomic E-state index is -0.598. The molecule has 1 atom stereocenters. The highest BCUT2D eigenvalue weighted by atomic mass is 35.5. The average molecular weight is 249 g/mol. The largest absolute Gasteiger partial charge is 0.298 e. The normalized spacial score (nSPS) is 12.6. The van der Waals surface area contributed by atoms with Crippen LogP contribution in [0, 0.1) is 0 Å². The van der Waals surface area contributed by atoms with Crippen molar-refractivity contribution in [3.05, 3.63) is 28.8 Å². The molecule has 76 valence electrons. The van der Waals surface area contributed by atoms with Crippen LogP contribution in [0.2, 0.25) is 5.02 Å². The number of benzene rings is 1. The van der Waals surface area contributed by atoms with Gasteiger partial charge in [0.1, 0.15) is 5.38 Å². The number of ketones is 1. The molecular formula is C10H10Cl2OS. The van der Waals surface area contributed by atoms with E-state index in [0.717, 1.165) is 10.5 Å². The fourth-order valence-electron chi connectivity index (χ4n) is 1.08. The van der Waals surface area contributed by atoms with Crippen LogP contribution in [0.3, 0.4) is 0 Å². The molecule has 0 aliphatic carbocycles. The second-order valence-electron chi connectivity index (χ2n) is 2.90. The third-order valence-corrected chi connectivity index (χ3v) is 3.26. The minimum absolute atomic E-state index is 0.0685. The molecule has 0 aliphatic heterocycles. The highest BCUT2D eigenvalue weighted by molar-refractivity contribution is 7.98. The molecule has 0 spiro atoms. The van der Waals surface area contributed by atoms with Crippen molar-refractivity contribution < 1.29 is 4.79 Å². The van der Waals surface area contributed by atoms with E-state index in [0.29, 0.717) is 5.02 Å². The number of hydrogen-bond donors (Lipinski definition) is 0. The maximum absolute atomic E-state index is 11.1. The molecular weight excluding hydrogens is 239 g/mol. The van der Waals surface area contributed by atoms with Crippen molar-refractivity contribution in [3.63, 3.8) is 0 Å². The fourth-order valence-corrected chi connectivity index (χ4v) is 2.02. The van der Waals surface area contributed by atoms with E-state index in [1.54, 1.807) is 17.8 Å². The van der Waals surface area contributed by atoms with Crippen molar-refractivity contribution >= 4 is 40.7 Å². The lowest BCUT2D eigenvalue weighted by atomic mass is 10.1. The first-order chi connectivity index (χ1) is 6.54. The van der Waals surface area contributed by atoms with E-state index in [-0.39, 0.29) is 5.78 Å². The van der Waals surface area contributed by atoms with Crippen molar-refractivity contribution in [1.82, 2.24) is 0 Å². The summed E-state index contributed by atoms with van der Waals surface area (Å²) in [4.78, 5) is 12.1. The number of Topliss-reactive ketones (excluding diaryl/α,β-unsaturated/α-hetero) is 1. The van der Waals surface area contributed by atoms with Crippen molar-refractivity contribution in [2.24, 2.45) is 0 Å². The number of rotatable bonds is 3. The molecule has 0 aromatic heterocycles. The first kappa shape index (κ1) is 11.9. The van der Waals surface area contributed by atoms with Gasteiger partial charge in [0.2, 0.25) is 0 Å². The summed E-state index contributed by atoms with van der Waals surface area (Å²) in [6, 6.07) is 5.45. The van der Waals surface area contributed by atoms with Gasteiger partial charge in [-0.15, -0.1) is 23.4 Å². The van der Waals surface area contributed by atoms with E-state index in [9.17, 15) is 4.79 Å². The van der Waals surface area contributed by atoms with Crippen molar-refractivity contribution in [3.8, 4) is 0 Å². The van der Waals surface area contributed by atoms with Gasteiger partial charge in [-0.05, 0) is 36.9 Å². The van der Waals surface area contributed by atoms with Crippen LogP contribution in [-0.4, -0.2) is 12.0 Å². The third kappa shape index (κ3) is 2.91. The fraction of sp³-hybridized carbons (Fsp3) is 0.300. The second kappa shape index (κ2) is 5.06. The summed E-state index contributed by atoms with van der Waals surface area (Å²) < 4.78 is 0. The minimum Gasteiger partial charge on any atom is -0.298 e. The molecule has 1 rings (SSSR count). The number of alkyl halides is 1. The molecule has 14 heavy (non-hydrogen) atoms. The van der Waals surface area contributed by atoms with Crippen LogP contribution >= 0.6 is 35.0 Å². The Balaban J connectivity index is 3.08. The maximum Gasteiger partial charge on any atom is 0.152 e. The van der Waals surface area contributed by atoms with Gasteiger partial charge < -0.3 is 0 Å². The van der Waals surface area contributed by atoms with Crippen molar-refractivity contribution in [2.75, 3.05) is 6.26 Å². The van der Waals surface area contributed by atoms with Gasteiger partial charge in [-0.2, -0.15) is 0 Å². The number of thioether (sulfide) groups is 1. The third-order valence-electron chi connectivity index (χ3n) is 1.78. The standard InChI is InChI=1S/C10H10Cl2OS/c1-6(13)10(12)7-3-8(11)5-9(4-7)14-2/h3-5,10H,1-2H3. The molecule has 1 nitrogen and oxygen atoms in total. The Morgan fingerprint density at radius 3 is 2.57 bits per heavy atom. The van der Waals surface area contributed by atoms with Crippen LogP contribution in [0.1, 0.15) is 17.9 Å². The quantitative estimate of drug-likeness (QED) is 0.596. The Hall–Kier alpha value is -0.180. The molecule has 0 radical (unpaired) electrons. The zero-order valence-electron chi connectivity index (χ0n) is 7.88. The first-order valence-electron chi connectivity index (χ1n) is 4.03. The zero-order chi connectivity index (χ0) is 10.7. The molecule has 1 unspecified atom stereocenters. The smallest absolute Gasteiger partial charge is 0.152 e. The lowest BCUT2D eigenvalue weighted by Crippen LogP contribution is -2.01. The van der Waals surface area contributed by atoms with Gasteiger partial charge in [-0.1, -0.05) is 11.6 Å². The topological polar surface area (TPSA) is 17.1 Å². The van der Waals surface area contributed by atoms with Crippen LogP contribution in [0.5, 0.6) is 0 Å². The van der Waals surface area contributed by atoms with E-state index in [1.165, 1.54) is 6.92 Å². The summed E-state index contributed by atoms with van der Waals surface area (Å²) in [5.41, 5.74) is 0.760. The predicted octanol–water partition coefficient (Wildman–Crippen LogP) is 3.93. The van der Waals surface area contributed by atoms with Crippen LogP contribution in [0.15, 0.2) is 23.1 Å². The summed E-state index contributed by atoms with van der Waals surface area (Å²) >= 11 is 13.4. The predicted molar refractivity (Wildman–Crippen MR) is 62.5 cm³/mol. The molecule has 0 bridgehead atoms. The van der Waals surface area contributed by atoms with Gasteiger partial charge in [-0.3, -0.25) is 4.79 Å². The lowest BCUT2D eigenvalue weighted by Gasteiger charge is -2.08. The summed E-state index contributed by atoms with van der Waals surface area (Å²) in [6.07, 6.45) is 1.95. The number of halogens is 2. The molecule has 1 aromatic carbocycles. The molecule has 0 aliphatic rings. The highest BCUT2D eigenvalue weighted by Gasteiger charge is 2.14. The molecule has 0 N–H and O–H groups in total. The average Bonchev–Trinajstić information content (AvgIpc) is 2.15. The van der Waals surface area contributed by atoms with E-state index in [4.69, 9.17) is 23.2 Å². The molecule has 4 heteroatoms. The Morgan fingerprint density at radius 1 is 1.43 bits per heavy atom. The van der Waals surface area contributed by atoms with Gasteiger partial charge in [0.05, 0.1) is 0 Å². The Bertz CT molecular complexity index is 352. The summed E-state index contributed by atoms with van der Waals surface area (Å²) in [7, 11) is 0. The molecule has 0 amide bonds. The van der Waals surface area contributed by atoms with Crippen LogP contribution < -0.4 is 0 Å². The first-order valence-corrected chi connectivity index (χ1v) is 6.07. The maximum atomic E-state index is 11.1. The SMILES string of the molecule is CSc1cc(Cl)cc(C(Cl)C(C)=O)c1.